The fourth-order valence-corrected chi connectivity index (χ4v) is 3.01. The van der Waals surface area contributed by atoms with Crippen LogP contribution in [0.2, 0.25) is 0 Å². The van der Waals surface area contributed by atoms with E-state index < -0.39 is 18.0 Å². The SMILES string of the molecule is Cc1cc(C)cc(-c2ccccc2NC(=O)c2cn(C)nc2C(F)F)c1. The number of para-hydroxylation sites is 1. The first-order valence-corrected chi connectivity index (χ1v) is 8.16. The topological polar surface area (TPSA) is 46.9 Å². The van der Waals surface area contributed by atoms with E-state index in [1.54, 1.807) is 12.1 Å². The van der Waals surface area contributed by atoms with Crippen molar-refractivity contribution >= 4 is 11.6 Å². The zero-order valence-electron chi connectivity index (χ0n) is 14.8. The van der Waals surface area contributed by atoms with Crippen LogP contribution < -0.4 is 5.32 Å². The molecule has 0 bridgehead atoms. The summed E-state index contributed by atoms with van der Waals surface area (Å²) >= 11 is 0. The number of anilines is 1. The Labute approximate surface area is 150 Å². The highest BCUT2D eigenvalue weighted by Crippen LogP contribution is 2.30. The second-order valence-corrected chi connectivity index (χ2v) is 6.28. The van der Waals surface area contributed by atoms with Crippen molar-refractivity contribution in [1.82, 2.24) is 9.78 Å². The van der Waals surface area contributed by atoms with E-state index >= 15 is 0 Å². The lowest BCUT2D eigenvalue weighted by Crippen LogP contribution is -2.14. The van der Waals surface area contributed by atoms with Crippen molar-refractivity contribution < 1.29 is 13.6 Å². The monoisotopic (exact) mass is 355 g/mol. The van der Waals surface area contributed by atoms with E-state index in [2.05, 4.69) is 16.5 Å². The highest BCUT2D eigenvalue weighted by molar-refractivity contribution is 6.07. The Balaban J connectivity index is 1.98. The number of benzene rings is 2. The van der Waals surface area contributed by atoms with Crippen molar-refractivity contribution in [3.05, 3.63) is 71.0 Å². The molecule has 1 heterocycles. The maximum Gasteiger partial charge on any atom is 0.282 e. The summed E-state index contributed by atoms with van der Waals surface area (Å²) in [7, 11) is 1.51. The van der Waals surface area contributed by atoms with Crippen molar-refractivity contribution in [3.8, 4) is 11.1 Å². The number of carbonyl (C=O) groups excluding carboxylic acids is 1. The van der Waals surface area contributed by atoms with E-state index in [0.29, 0.717) is 5.69 Å². The van der Waals surface area contributed by atoms with Gasteiger partial charge in [-0.15, -0.1) is 0 Å². The molecule has 1 N–H and O–H groups in total. The van der Waals surface area contributed by atoms with Gasteiger partial charge >= 0.3 is 0 Å². The van der Waals surface area contributed by atoms with Gasteiger partial charge in [-0.25, -0.2) is 8.78 Å². The fraction of sp³-hybridized carbons (Fsp3) is 0.200. The predicted octanol–water partition coefficient (Wildman–Crippen LogP) is 4.89. The number of hydrogen-bond acceptors (Lipinski definition) is 2. The van der Waals surface area contributed by atoms with Gasteiger partial charge in [0.05, 0.1) is 5.56 Å². The van der Waals surface area contributed by atoms with Gasteiger partial charge in [0.15, 0.2) is 0 Å². The number of nitrogens with zero attached hydrogens (tertiary/aromatic N) is 2. The van der Waals surface area contributed by atoms with E-state index in [9.17, 15) is 13.6 Å². The molecular formula is C20H19F2N3O. The van der Waals surface area contributed by atoms with Crippen LogP contribution >= 0.6 is 0 Å². The Kier molecular flexibility index (Phi) is 4.84. The molecule has 3 aromatic rings. The number of amides is 1. The number of alkyl halides is 2. The summed E-state index contributed by atoms with van der Waals surface area (Å²) in [5, 5.41) is 6.43. The Morgan fingerprint density at radius 1 is 1.12 bits per heavy atom. The van der Waals surface area contributed by atoms with Crippen LogP contribution in [0.15, 0.2) is 48.7 Å². The van der Waals surface area contributed by atoms with Gasteiger partial charge in [0.25, 0.3) is 12.3 Å². The Bertz CT molecular complexity index is 943. The molecule has 0 aliphatic carbocycles. The molecule has 0 unspecified atom stereocenters. The minimum Gasteiger partial charge on any atom is -0.321 e. The number of aromatic nitrogens is 2. The van der Waals surface area contributed by atoms with Crippen LogP contribution in [0, 0.1) is 13.8 Å². The zero-order chi connectivity index (χ0) is 18.8. The first-order valence-electron chi connectivity index (χ1n) is 8.16. The third kappa shape index (κ3) is 3.64. The van der Waals surface area contributed by atoms with E-state index in [1.165, 1.54) is 17.9 Å². The molecule has 0 fully saturated rings. The smallest absolute Gasteiger partial charge is 0.282 e. The van der Waals surface area contributed by atoms with Crippen molar-refractivity contribution in [1.29, 1.82) is 0 Å². The number of aryl methyl sites for hydroxylation is 3. The van der Waals surface area contributed by atoms with Crippen molar-refractivity contribution in [2.45, 2.75) is 20.3 Å². The largest absolute Gasteiger partial charge is 0.321 e. The van der Waals surface area contributed by atoms with Crippen LogP contribution in [0.25, 0.3) is 11.1 Å². The lowest BCUT2D eigenvalue weighted by molar-refractivity contribution is 0.101. The standard InChI is InChI=1S/C20H19F2N3O/c1-12-8-13(2)10-14(9-12)15-6-4-5-7-17(15)23-20(26)16-11-25(3)24-18(16)19(21)22/h4-11,19H,1-3H3,(H,23,26). The van der Waals surface area contributed by atoms with Crippen molar-refractivity contribution in [2.75, 3.05) is 5.32 Å². The summed E-state index contributed by atoms with van der Waals surface area (Å²) < 4.78 is 27.4. The van der Waals surface area contributed by atoms with Crippen molar-refractivity contribution in [2.24, 2.45) is 7.05 Å². The Hall–Kier alpha value is -3.02. The van der Waals surface area contributed by atoms with Gasteiger partial charge in [-0.2, -0.15) is 5.10 Å². The van der Waals surface area contributed by atoms with Crippen LogP contribution in [0.3, 0.4) is 0 Å². The van der Waals surface area contributed by atoms with Gasteiger partial charge < -0.3 is 5.32 Å². The maximum absolute atomic E-state index is 13.1. The molecule has 3 rings (SSSR count). The van der Waals surface area contributed by atoms with E-state index in [1.807, 2.05) is 38.1 Å². The summed E-state index contributed by atoms with van der Waals surface area (Å²) in [6.07, 6.45) is -1.51. The summed E-state index contributed by atoms with van der Waals surface area (Å²) in [4.78, 5) is 12.6. The summed E-state index contributed by atoms with van der Waals surface area (Å²) in [6.45, 7) is 4.00. The number of hydrogen-bond donors (Lipinski definition) is 1. The summed E-state index contributed by atoms with van der Waals surface area (Å²) in [5.74, 6) is -0.606. The molecule has 0 saturated carbocycles. The van der Waals surface area contributed by atoms with Gasteiger partial charge in [-0.05, 0) is 25.5 Å². The molecule has 0 aliphatic rings. The molecular weight excluding hydrogens is 336 g/mol. The minimum atomic E-state index is -2.81. The molecule has 4 nitrogen and oxygen atoms in total. The highest BCUT2D eigenvalue weighted by Gasteiger charge is 2.23. The lowest BCUT2D eigenvalue weighted by atomic mass is 9.99. The molecule has 134 valence electrons. The average Bonchev–Trinajstić information content (AvgIpc) is 2.97. The van der Waals surface area contributed by atoms with Crippen LogP contribution in [0.1, 0.15) is 33.6 Å². The average molecular weight is 355 g/mol. The van der Waals surface area contributed by atoms with Crippen LogP contribution in [-0.2, 0) is 7.05 Å². The van der Waals surface area contributed by atoms with Gasteiger partial charge in [-0.3, -0.25) is 9.48 Å². The fourth-order valence-electron chi connectivity index (χ4n) is 3.01. The molecule has 0 aliphatic heterocycles. The quantitative estimate of drug-likeness (QED) is 0.724. The summed E-state index contributed by atoms with van der Waals surface area (Å²) in [6, 6.07) is 13.4. The van der Waals surface area contributed by atoms with Crippen LogP contribution in [0.4, 0.5) is 14.5 Å². The van der Waals surface area contributed by atoms with Gasteiger partial charge in [0, 0.05) is 24.5 Å². The maximum atomic E-state index is 13.1. The zero-order valence-corrected chi connectivity index (χ0v) is 14.8. The number of carbonyl (C=O) groups is 1. The molecule has 2 aromatic carbocycles. The minimum absolute atomic E-state index is 0.127. The third-order valence-corrected chi connectivity index (χ3v) is 4.02. The second-order valence-electron chi connectivity index (χ2n) is 6.28. The van der Waals surface area contributed by atoms with Gasteiger partial charge in [-0.1, -0.05) is 47.5 Å². The molecule has 26 heavy (non-hydrogen) atoms. The normalized spacial score (nSPS) is 11.0. The molecule has 6 heteroatoms. The molecule has 1 amide bonds. The lowest BCUT2D eigenvalue weighted by Gasteiger charge is -2.12. The molecule has 0 atom stereocenters. The first-order chi connectivity index (χ1) is 12.3. The van der Waals surface area contributed by atoms with E-state index in [4.69, 9.17) is 0 Å². The number of rotatable bonds is 4. The highest BCUT2D eigenvalue weighted by atomic mass is 19.3. The first kappa shape index (κ1) is 17.8. The third-order valence-electron chi connectivity index (χ3n) is 4.02. The molecule has 0 spiro atoms. The molecule has 1 aromatic heterocycles. The second kappa shape index (κ2) is 7.07. The van der Waals surface area contributed by atoms with E-state index in [0.717, 1.165) is 22.3 Å². The molecule has 0 saturated heterocycles. The van der Waals surface area contributed by atoms with Gasteiger partial charge in [0.1, 0.15) is 5.69 Å². The number of halogens is 2. The molecule has 0 radical (unpaired) electrons. The predicted molar refractivity (Wildman–Crippen MR) is 97.5 cm³/mol. The van der Waals surface area contributed by atoms with Crippen LogP contribution in [-0.4, -0.2) is 15.7 Å². The summed E-state index contributed by atoms with van der Waals surface area (Å²) in [5.41, 5.74) is 3.91. The Morgan fingerprint density at radius 2 is 1.77 bits per heavy atom. The number of nitrogens with one attached hydrogen (secondary N) is 1. The van der Waals surface area contributed by atoms with Crippen molar-refractivity contribution in [3.63, 3.8) is 0 Å². The Morgan fingerprint density at radius 3 is 2.42 bits per heavy atom. The van der Waals surface area contributed by atoms with E-state index in [-0.39, 0.29) is 5.56 Å². The van der Waals surface area contributed by atoms with Crippen LogP contribution in [0.5, 0.6) is 0 Å². The van der Waals surface area contributed by atoms with Gasteiger partial charge in [0.2, 0.25) is 0 Å².